The van der Waals surface area contributed by atoms with E-state index in [4.69, 9.17) is 0 Å². The van der Waals surface area contributed by atoms with Crippen LogP contribution >= 0.6 is 0 Å². The predicted octanol–water partition coefficient (Wildman–Crippen LogP) is 1.62. The van der Waals surface area contributed by atoms with Gasteiger partial charge >= 0.3 is 5.97 Å². The standard InChI is InChI=1S/C12H20N4O2/c1-5-13-9-6-10(14-7-11(17)18-4)16-12(15-9)8(2)3/h6,8H,5,7H2,1-4H3,(H2,13,14,15,16). The smallest absolute Gasteiger partial charge is 0.325 e. The molecular formula is C12H20N4O2. The summed E-state index contributed by atoms with van der Waals surface area (Å²) >= 11 is 0. The maximum Gasteiger partial charge on any atom is 0.325 e. The summed E-state index contributed by atoms with van der Waals surface area (Å²) in [7, 11) is 1.35. The number of carbonyl (C=O) groups is 1. The van der Waals surface area contributed by atoms with Crippen LogP contribution < -0.4 is 10.6 Å². The molecule has 6 heteroatoms. The van der Waals surface area contributed by atoms with Gasteiger partial charge in [-0.05, 0) is 6.92 Å². The number of esters is 1. The van der Waals surface area contributed by atoms with Crippen LogP contribution in [0.2, 0.25) is 0 Å². The summed E-state index contributed by atoms with van der Waals surface area (Å²) in [4.78, 5) is 19.8. The molecule has 0 aromatic carbocycles. The van der Waals surface area contributed by atoms with Gasteiger partial charge in [0.1, 0.15) is 24.0 Å². The molecule has 6 nitrogen and oxygen atoms in total. The van der Waals surface area contributed by atoms with Crippen LogP contribution in [0.25, 0.3) is 0 Å². The number of aromatic nitrogens is 2. The lowest BCUT2D eigenvalue weighted by atomic mass is 10.2. The summed E-state index contributed by atoms with van der Waals surface area (Å²) in [6.07, 6.45) is 0. The normalized spacial score (nSPS) is 10.3. The zero-order valence-corrected chi connectivity index (χ0v) is 11.3. The van der Waals surface area contributed by atoms with Crippen LogP contribution in [0.15, 0.2) is 6.07 Å². The zero-order chi connectivity index (χ0) is 13.5. The number of hydrogen-bond acceptors (Lipinski definition) is 6. The summed E-state index contributed by atoms with van der Waals surface area (Å²) in [6.45, 7) is 6.92. The summed E-state index contributed by atoms with van der Waals surface area (Å²) in [5.74, 6) is 2.01. The van der Waals surface area contributed by atoms with E-state index in [0.29, 0.717) is 5.82 Å². The van der Waals surface area contributed by atoms with E-state index in [0.717, 1.165) is 18.2 Å². The Hall–Kier alpha value is -1.85. The Labute approximate surface area is 107 Å². The highest BCUT2D eigenvalue weighted by molar-refractivity contribution is 5.74. The van der Waals surface area contributed by atoms with Crippen LogP contribution in [0.4, 0.5) is 11.6 Å². The van der Waals surface area contributed by atoms with Crippen molar-refractivity contribution in [2.75, 3.05) is 30.8 Å². The maximum absolute atomic E-state index is 11.1. The van der Waals surface area contributed by atoms with Crippen molar-refractivity contribution in [1.29, 1.82) is 0 Å². The Morgan fingerprint density at radius 2 is 1.94 bits per heavy atom. The van der Waals surface area contributed by atoms with Gasteiger partial charge < -0.3 is 15.4 Å². The highest BCUT2D eigenvalue weighted by Crippen LogP contribution is 2.16. The molecular weight excluding hydrogens is 232 g/mol. The van der Waals surface area contributed by atoms with Crippen molar-refractivity contribution >= 4 is 17.6 Å². The number of anilines is 2. The van der Waals surface area contributed by atoms with Crippen LogP contribution in [-0.2, 0) is 9.53 Å². The van der Waals surface area contributed by atoms with Gasteiger partial charge in [0.05, 0.1) is 7.11 Å². The van der Waals surface area contributed by atoms with Crippen molar-refractivity contribution in [3.63, 3.8) is 0 Å². The number of hydrogen-bond donors (Lipinski definition) is 2. The second-order valence-corrected chi connectivity index (χ2v) is 4.11. The van der Waals surface area contributed by atoms with Gasteiger partial charge in [-0.3, -0.25) is 4.79 Å². The third-order valence-electron chi connectivity index (χ3n) is 2.26. The lowest BCUT2D eigenvalue weighted by Gasteiger charge is -2.11. The molecule has 0 aliphatic carbocycles. The SMILES string of the molecule is CCNc1cc(NCC(=O)OC)nc(C(C)C)n1. The molecule has 1 rings (SSSR count). The Kier molecular flexibility index (Phi) is 5.35. The first-order valence-electron chi connectivity index (χ1n) is 6.00. The molecule has 0 aliphatic heterocycles. The van der Waals surface area contributed by atoms with E-state index in [1.165, 1.54) is 7.11 Å². The zero-order valence-electron chi connectivity index (χ0n) is 11.3. The molecule has 0 atom stereocenters. The highest BCUT2D eigenvalue weighted by Gasteiger charge is 2.08. The second kappa shape index (κ2) is 6.78. The monoisotopic (exact) mass is 252 g/mol. The van der Waals surface area contributed by atoms with Crippen molar-refractivity contribution in [1.82, 2.24) is 9.97 Å². The van der Waals surface area contributed by atoms with E-state index in [1.807, 2.05) is 20.8 Å². The van der Waals surface area contributed by atoms with E-state index in [2.05, 4.69) is 25.3 Å². The molecule has 0 radical (unpaired) electrons. The first-order valence-corrected chi connectivity index (χ1v) is 6.00. The van der Waals surface area contributed by atoms with E-state index < -0.39 is 0 Å². The molecule has 0 amide bonds. The number of nitrogens with one attached hydrogen (secondary N) is 2. The molecule has 1 aromatic heterocycles. The molecule has 100 valence electrons. The molecule has 0 aliphatic rings. The van der Waals surface area contributed by atoms with E-state index in [9.17, 15) is 4.79 Å². The fourth-order valence-electron chi connectivity index (χ4n) is 1.32. The van der Waals surface area contributed by atoms with Crippen molar-refractivity contribution in [3.05, 3.63) is 11.9 Å². The van der Waals surface area contributed by atoms with Crippen molar-refractivity contribution in [3.8, 4) is 0 Å². The van der Waals surface area contributed by atoms with Gasteiger partial charge in [0.2, 0.25) is 0 Å². The molecule has 0 fully saturated rings. The van der Waals surface area contributed by atoms with Crippen LogP contribution in [-0.4, -0.2) is 36.1 Å². The summed E-state index contributed by atoms with van der Waals surface area (Å²) in [5, 5.41) is 6.06. The van der Waals surface area contributed by atoms with Gasteiger partial charge in [-0.25, -0.2) is 9.97 Å². The molecule has 2 N–H and O–H groups in total. The van der Waals surface area contributed by atoms with Crippen LogP contribution in [0.3, 0.4) is 0 Å². The Bertz CT molecular complexity index is 407. The van der Waals surface area contributed by atoms with Crippen LogP contribution in [0.5, 0.6) is 0 Å². The minimum Gasteiger partial charge on any atom is -0.468 e. The number of carbonyl (C=O) groups excluding carboxylic acids is 1. The third-order valence-corrected chi connectivity index (χ3v) is 2.26. The van der Waals surface area contributed by atoms with Gasteiger partial charge in [0.25, 0.3) is 0 Å². The molecule has 0 spiro atoms. The first-order chi connectivity index (χ1) is 8.56. The average molecular weight is 252 g/mol. The summed E-state index contributed by atoms with van der Waals surface area (Å²) in [6, 6.07) is 1.78. The molecule has 0 bridgehead atoms. The van der Waals surface area contributed by atoms with Gasteiger partial charge in [0.15, 0.2) is 0 Å². The number of nitrogens with zero attached hydrogens (tertiary/aromatic N) is 2. The van der Waals surface area contributed by atoms with E-state index >= 15 is 0 Å². The minimum atomic E-state index is -0.329. The maximum atomic E-state index is 11.1. The fraction of sp³-hybridized carbons (Fsp3) is 0.583. The van der Waals surface area contributed by atoms with Crippen molar-refractivity contribution in [2.24, 2.45) is 0 Å². The molecule has 18 heavy (non-hydrogen) atoms. The van der Waals surface area contributed by atoms with Crippen molar-refractivity contribution < 1.29 is 9.53 Å². The molecule has 0 saturated carbocycles. The Morgan fingerprint density at radius 1 is 1.33 bits per heavy atom. The Morgan fingerprint density at radius 3 is 2.44 bits per heavy atom. The van der Waals surface area contributed by atoms with E-state index in [-0.39, 0.29) is 18.4 Å². The van der Waals surface area contributed by atoms with Gasteiger partial charge in [0, 0.05) is 18.5 Å². The molecule has 0 saturated heterocycles. The molecule has 1 aromatic rings. The third kappa shape index (κ3) is 4.20. The molecule has 1 heterocycles. The lowest BCUT2D eigenvalue weighted by molar-refractivity contribution is -0.138. The van der Waals surface area contributed by atoms with Crippen molar-refractivity contribution in [2.45, 2.75) is 26.7 Å². The largest absolute Gasteiger partial charge is 0.468 e. The number of methoxy groups -OCH3 is 1. The van der Waals surface area contributed by atoms with Crippen LogP contribution in [0.1, 0.15) is 32.5 Å². The van der Waals surface area contributed by atoms with Gasteiger partial charge in [-0.2, -0.15) is 0 Å². The first kappa shape index (κ1) is 14.2. The van der Waals surface area contributed by atoms with Gasteiger partial charge in [-0.15, -0.1) is 0 Å². The summed E-state index contributed by atoms with van der Waals surface area (Å²) < 4.78 is 4.57. The Balaban J connectivity index is 2.85. The average Bonchev–Trinajstić information content (AvgIpc) is 2.36. The quantitative estimate of drug-likeness (QED) is 0.749. The van der Waals surface area contributed by atoms with Gasteiger partial charge in [-0.1, -0.05) is 13.8 Å². The fourth-order valence-corrected chi connectivity index (χ4v) is 1.32. The predicted molar refractivity (Wildman–Crippen MR) is 70.8 cm³/mol. The topological polar surface area (TPSA) is 76.1 Å². The number of rotatable bonds is 6. The van der Waals surface area contributed by atoms with E-state index in [1.54, 1.807) is 6.07 Å². The van der Waals surface area contributed by atoms with Crippen LogP contribution in [0, 0.1) is 0 Å². The highest BCUT2D eigenvalue weighted by atomic mass is 16.5. The number of ether oxygens (including phenoxy) is 1. The minimum absolute atomic E-state index is 0.0939. The summed E-state index contributed by atoms with van der Waals surface area (Å²) in [5.41, 5.74) is 0. The second-order valence-electron chi connectivity index (χ2n) is 4.11. The lowest BCUT2D eigenvalue weighted by Crippen LogP contribution is -2.17. The molecule has 0 unspecified atom stereocenters.